The van der Waals surface area contributed by atoms with E-state index in [9.17, 15) is 0 Å². The molecule has 1 atom stereocenters. The minimum Gasteiger partial charge on any atom is -0.383 e. The van der Waals surface area contributed by atoms with Crippen LogP contribution in [-0.2, 0) is 0 Å². The summed E-state index contributed by atoms with van der Waals surface area (Å²) in [7, 11) is 0. The number of aromatic amines is 1. The third-order valence-electron chi connectivity index (χ3n) is 2.15. The normalized spacial score (nSPS) is 12.7. The van der Waals surface area contributed by atoms with Crippen LogP contribution in [0.2, 0.25) is 0 Å². The molecule has 0 aromatic carbocycles. The number of nitrogens with zero attached hydrogens (tertiary/aromatic N) is 3. The zero-order chi connectivity index (χ0) is 10.8. The molecule has 0 saturated heterocycles. The van der Waals surface area contributed by atoms with Crippen molar-refractivity contribution in [1.82, 2.24) is 19.6 Å². The standard InChI is InChI=1S/C8H12N6S/c1-4-6(9)14-15-8(4)12-5(2)7-10-3-11-13-7/h3,5,12H,1-2H3,(H2,9,14)(H,10,11,13). The Kier molecular flexibility index (Phi) is 2.55. The molecule has 0 bridgehead atoms. The second kappa shape index (κ2) is 3.85. The topological polar surface area (TPSA) is 92.5 Å². The molecule has 4 N–H and O–H groups in total. The van der Waals surface area contributed by atoms with Crippen LogP contribution in [0.3, 0.4) is 0 Å². The van der Waals surface area contributed by atoms with Gasteiger partial charge in [-0.15, -0.1) is 0 Å². The lowest BCUT2D eigenvalue weighted by molar-refractivity contribution is 0.798. The van der Waals surface area contributed by atoms with E-state index < -0.39 is 0 Å². The molecule has 2 heterocycles. The molecule has 2 aromatic rings. The van der Waals surface area contributed by atoms with Crippen molar-refractivity contribution in [1.29, 1.82) is 0 Å². The Hall–Kier alpha value is -1.63. The maximum atomic E-state index is 5.66. The lowest BCUT2D eigenvalue weighted by atomic mass is 10.3. The van der Waals surface area contributed by atoms with Crippen molar-refractivity contribution < 1.29 is 0 Å². The van der Waals surface area contributed by atoms with Crippen molar-refractivity contribution in [2.75, 3.05) is 11.1 Å². The van der Waals surface area contributed by atoms with Gasteiger partial charge in [0.15, 0.2) is 0 Å². The Morgan fingerprint density at radius 2 is 2.40 bits per heavy atom. The molecule has 0 amide bonds. The molecular formula is C8H12N6S. The van der Waals surface area contributed by atoms with Crippen molar-refractivity contribution in [3.8, 4) is 0 Å². The van der Waals surface area contributed by atoms with E-state index in [0.29, 0.717) is 5.82 Å². The number of rotatable bonds is 3. The van der Waals surface area contributed by atoms with Crippen LogP contribution in [0.25, 0.3) is 0 Å². The first-order valence-electron chi connectivity index (χ1n) is 4.52. The molecule has 2 rings (SSSR count). The van der Waals surface area contributed by atoms with Crippen LogP contribution in [0.15, 0.2) is 6.33 Å². The second-order valence-electron chi connectivity index (χ2n) is 3.26. The predicted molar refractivity (Wildman–Crippen MR) is 59.7 cm³/mol. The lowest BCUT2D eigenvalue weighted by Crippen LogP contribution is -2.08. The number of nitrogens with one attached hydrogen (secondary N) is 2. The summed E-state index contributed by atoms with van der Waals surface area (Å²) in [6.07, 6.45) is 1.49. The highest BCUT2D eigenvalue weighted by molar-refractivity contribution is 7.10. The van der Waals surface area contributed by atoms with Crippen molar-refractivity contribution in [3.05, 3.63) is 17.7 Å². The molecule has 6 nitrogen and oxygen atoms in total. The van der Waals surface area contributed by atoms with Gasteiger partial charge in [-0.05, 0) is 25.4 Å². The van der Waals surface area contributed by atoms with Crippen LogP contribution in [0.1, 0.15) is 24.4 Å². The van der Waals surface area contributed by atoms with Gasteiger partial charge < -0.3 is 11.1 Å². The van der Waals surface area contributed by atoms with Crippen molar-refractivity contribution >= 4 is 22.4 Å². The van der Waals surface area contributed by atoms with Crippen LogP contribution in [0, 0.1) is 6.92 Å². The largest absolute Gasteiger partial charge is 0.383 e. The summed E-state index contributed by atoms with van der Waals surface area (Å²) in [5.74, 6) is 1.37. The van der Waals surface area contributed by atoms with E-state index in [0.717, 1.165) is 16.4 Å². The summed E-state index contributed by atoms with van der Waals surface area (Å²) in [4.78, 5) is 4.07. The minimum absolute atomic E-state index is 0.0612. The Bertz CT molecular complexity index is 434. The SMILES string of the molecule is Cc1c(N)nsc1NC(C)c1ncn[nH]1. The number of hydrogen-bond donors (Lipinski definition) is 3. The van der Waals surface area contributed by atoms with E-state index in [1.54, 1.807) is 0 Å². The van der Waals surface area contributed by atoms with Crippen LogP contribution < -0.4 is 11.1 Å². The molecule has 0 aliphatic carbocycles. The highest BCUT2D eigenvalue weighted by atomic mass is 32.1. The third kappa shape index (κ3) is 1.91. The zero-order valence-corrected chi connectivity index (χ0v) is 9.30. The van der Waals surface area contributed by atoms with E-state index in [2.05, 4.69) is 24.9 Å². The first-order valence-corrected chi connectivity index (χ1v) is 5.29. The molecule has 0 radical (unpaired) electrons. The van der Waals surface area contributed by atoms with E-state index in [1.165, 1.54) is 17.9 Å². The third-order valence-corrected chi connectivity index (χ3v) is 3.05. The lowest BCUT2D eigenvalue weighted by Gasteiger charge is -2.10. The number of H-pyrrole nitrogens is 1. The molecule has 2 aromatic heterocycles. The molecule has 15 heavy (non-hydrogen) atoms. The number of hydrogen-bond acceptors (Lipinski definition) is 6. The van der Waals surface area contributed by atoms with Gasteiger partial charge in [-0.1, -0.05) is 0 Å². The van der Waals surface area contributed by atoms with Crippen LogP contribution in [-0.4, -0.2) is 19.6 Å². The fourth-order valence-electron chi connectivity index (χ4n) is 1.17. The number of aromatic nitrogens is 4. The van der Waals surface area contributed by atoms with Gasteiger partial charge in [0.25, 0.3) is 0 Å². The predicted octanol–water partition coefficient (Wildman–Crippen LogP) is 1.32. The summed E-state index contributed by atoms with van der Waals surface area (Å²) in [6, 6.07) is 0.0612. The van der Waals surface area contributed by atoms with Gasteiger partial charge in [-0.2, -0.15) is 9.47 Å². The van der Waals surface area contributed by atoms with Gasteiger partial charge in [0, 0.05) is 5.56 Å². The van der Waals surface area contributed by atoms with Gasteiger partial charge in [-0.3, -0.25) is 5.10 Å². The number of anilines is 2. The highest BCUT2D eigenvalue weighted by Gasteiger charge is 2.12. The molecule has 0 saturated carbocycles. The zero-order valence-electron chi connectivity index (χ0n) is 8.48. The quantitative estimate of drug-likeness (QED) is 0.731. The summed E-state index contributed by atoms with van der Waals surface area (Å²) in [6.45, 7) is 3.93. The molecular weight excluding hydrogens is 212 g/mol. The molecule has 7 heteroatoms. The van der Waals surface area contributed by atoms with Crippen LogP contribution >= 0.6 is 11.5 Å². The Balaban J connectivity index is 2.12. The second-order valence-corrected chi connectivity index (χ2v) is 4.03. The molecule has 1 unspecified atom stereocenters. The molecule has 0 aliphatic rings. The Morgan fingerprint density at radius 1 is 1.60 bits per heavy atom. The molecule has 80 valence electrons. The van der Waals surface area contributed by atoms with Gasteiger partial charge in [0.2, 0.25) is 0 Å². The van der Waals surface area contributed by atoms with E-state index in [-0.39, 0.29) is 6.04 Å². The summed E-state index contributed by atoms with van der Waals surface area (Å²) in [5, 5.41) is 10.9. The van der Waals surface area contributed by atoms with Gasteiger partial charge >= 0.3 is 0 Å². The summed E-state index contributed by atoms with van der Waals surface area (Å²) in [5.41, 5.74) is 6.64. The first-order chi connectivity index (χ1) is 7.18. The van der Waals surface area contributed by atoms with Crippen molar-refractivity contribution in [2.24, 2.45) is 0 Å². The average molecular weight is 224 g/mol. The van der Waals surface area contributed by atoms with Crippen molar-refractivity contribution in [3.63, 3.8) is 0 Å². The van der Waals surface area contributed by atoms with Crippen LogP contribution in [0.4, 0.5) is 10.8 Å². The highest BCUT2D eigenvalue weighted by Crippen LogP contribution is 2.28. The van der Waals surface area contributed by atoms with Gasteiger partial charge in [0.1, 0.15) is 23.0 Å². The minimum atomic E-state index is 0.0612. The molecule has 0 aliphatic heterocycles. The fourth-order valence-corrected chi connectivity index (χ4v) is 1.97. The molecule has 0 fully saturated rings. The first kappa shape index (κ1) is 9.91. The average Bonchev–Trinajstić information content (AvgIpc) is 2.83. The van der Waals surface area contributed by atoms with E-state index in [1.807, 2.05) is 13.8 Å². The number of nitrogens with two attached hydrogens (primary N) is 1. The van der Waals surface area contributed by atoms with Gasteiger partial charge in [-0.25, -0.2) is 4.98 Å². The van der Waals surface area contributed by atoms with E-state index >= 15 is 0 Å². The summed E-state index contributed by atoms with van der Waals surface area (Å²) < 4.78 is 4.06. The van der Waals surface area contributed by atoms with Gasteiger partial charge in [0.05, 0.1) is 6.04 Å². The molecule has 0 spiro atoms. The van der Waals surface area contributed by atoms with E-state index in [4.69, 9.17) is 5.73 Å². The number of nitrogen functional groups attached to an aromatic ring is 1. The summed E-state index contributed by atoms with van der Waals surface area (Å²) >= 11 is 1.35. The Morgan fingerprint density at radius 3 is 2.93 bits per heavy atom. The van der Waals surface area contributed by atoms with Crippen LogP contribution in [0.5, 0.6) is 0 Å². The maximum Gasteiger partial charge on any atom is 0.146 e. The fraction of sp³-hybridized carbons (Fsp3) is 0.375. The maximum absolute atomic E-state index is 5.66. The monoisotopic (exact) mass is 224 g/mol. The smallest absolute Gasteiger partial charge is 0.146 e. The Labute approximate surface area is 91.1 Å². The van der Waals surface area contributed by atoms with Crippen molar-refractivity contribution in [2.45, 2.75) is 19.9 Å².